The van der Waals surface area contributed by atoms with E-state index in [1.54, 1.807) is 0 Å². The molecule has 0 spiro atoms. The van der Waals surface area contributed by atoms with E-state index in [1.165, 1.54) is 27.5 Å². The molecule has 0 amide bonds. The maximum absolute atomic E-state index is 5.27. The summed E-state index contributed by atoms with van der Waals surface area (Å²) in [6, 6.07) is 44.9. The molecule has 1 aliphatic carbocycles. The Kier molecular flexibility index (Phi) is 5.60. The number of nitrogens with zero attached hydrogens (tertiary/aromatic N) is 3. The number of para-hydroxylation sites is 1. The van der Waals surface area contributed by atoms with Crippen LogP contribution in [0.1, 0.15) is 11.5 Å². The summed E-state index contributed by atoms with van der Waals surface area (Å²) in [5.41, 5.74) is 8.88. The van der Waals surface area contributed by atoms with E-state index in [9.17, 15) is 0 Å². The van der Waals surface area contributed by atoms with E-state index >= 15 is 0 Å². The molecular weight excluding hydrogens is 498 g/mol. The molecule has 0 N–H and O–H groups in total. The Balaban J connectivity index is 1.42. The van der Waals surface area contributed by atoms with E-state index in [1.807, 2.05) is 12.1 Å². The van der Waals surface area contributed by atoms with Crippen LogP contribution in [0.15, 0.2) is 152 Å². The molecule has 3 nitrogen and oxygen atoms in total. The lowest BCUT2D eigenvalue weighted by molar-refractivity contribution is 0.688. The van der Waals surface area contributed by atoms with Gasteiger partial charge in [0.15, 0.2) is 0 Å². The van der Waals surface area contributed by atoms with Crippen molar-refractivity contribution < 1.29 is 0 Å². The zero-order chi connectivity index (χ0) is 27.2. The summed E-state index contributed by atoms with van der Waals surface area (Å²) in [4.78, 5) is 12.9. The third-order valence-electron chi connectivity index (χ3n) is 8.23. The Hall–Kier alpha value is -5.28. The summed E-state index contributed by atoms with van der Waals surface area (Å²) in [7, 11) is 0. The maximum atomic E-state index is 5.27. The molecule has 1 aromatic heterocycles. The van der Waals surface area contributed by atoms with Gasteiger partial charge in [-0.3, -0.25) is 0 Å². The zero-order valence-electron chi connectivity index (χ0n) is 22.4. The lowest BCUT2D eigenvalue weighted by atomic mass is 9.82. The van der Waals surface area contributed by atoms with Crippen molar-refractivity contribution in [3.8, 4) is 33.6 Å². The van der Waals surface area contributed by atoms with Gasteiger partial charge in [-0.15, -0.1) is 0 Å². The molecule has 5 aromatic carbocycles. The number of fused-ring (bicyclic) bond motifs is 7. The number of anilines is 2. The lowest BCUT2D eigenvalue weighted by Gasteiger charge is -2.35. The van der Waals surface area contributed by atoms with Crippen molar-refractivity contribution in [2.24, 2.45) is 0 Å². The van der Waals surface area contributed by atoms with Crippen molar-refractivity contribution in [3.05, 3.63) is 157 Å². The van der Waals surface area contributed by atoms with Crippen LogP contribution >= 0.6 is 0 Å². The van der Waals surface area contributed by atoms with Gasteiger partial charge in [-0.1, -0.05) is 140 Å². The fourth-order valence-corrected chi connectivity index (χ4v) is 6.37. The third-order valence-corrected chi connectivity index (χ3v) is 8.23. The van der Waals surface area contributed by atoms with Crippen molar-refractivity contribution in [3.63, 3.8) is 0 Å². The van der Waals surface area contributed by atoms with Crippen molar-refractivity contribution >= 4 is 22.4 Å². The van der Waals surface area contributed by atoms with Crippen LogP contribution in [0.4, 0.5) is 11.6 Å². The van der Waals surface area contributed by atoms with Crippen LogP contribution in [0.2, 0.25) is 0 Å². The molecule has 0 fully saturated rings. The van der Waals surface area contributed by atoms with Crippen LogP contribution in [-0.4, -0.2) is 16.0 Å². The highest BCUT2D eigenvalue weighted by atomic mass is 15.3. The van der Waals surface area contributed by atoms with Gasteiger partial charge in [0.25, 0.3) is 0 Å². The predicted octanol–water partition coefficient (Wildman–Crippen LogP) is 9.36. The van der Waals surface area contributed by atoms with Gasteiger partial charge >= 0.3 is 0 Å². The first kappa shape index (κ1) is 23.6. The molecule has 3 heteroatoms. The Morgan fingerprint density at radius 1 is 0.537 bits per heavy atom. The monoisotopic (exact) mass is 525 g/mol. The second-order valence-electron chi connectivity index (χ2n) is 10.6. The molecule has 2 aliphatic rings. The van der Waals surface area contributed by atoms with Crippen molar-refractivity contribution in [2.45, 2.75) is 12.0 Å². The van der Waals surface area contributed by atoms with Gasteiger partial charge < -0.3 is 4.90 Å². The van der Waals surface area contributed by atoms with Crippen molar-refractivity contribution in [2.75, 3.05) is 4.90 Å². The zero-order valence-corrected chi connectivity index (χ0v) is 22.4. The van der Waals surface area contributed by atoms with E-state index in [2.05, 4.69) is 144 Å². The van der Waals surface area contributed by atoms with Gasteiger partial charge in [-0.2, -0.15) is 0 Å². The topological polar surface area (TPSA) is 29.0 Å². The number of rotatable bonds is 3. The number of hydrogen-bond acceptors (Lipinski definition) is 3. The minimum absolute atomic E-state index is 0.00264. The van der Waals surface area contributed by atoms with Gasteiger partial charge in [0.1, 0.15) is 0 Å². The SMILES string of the molecule is C1=CC2c3c(ccc4ccccc34)-c3ccccc3N(c3nc(-c4ccccc4)cc(-c4ccccc4)n3)C2C=C1. The molecular formula is C38H27N3. The molecule has 0 saturated carbocycles. The van der Waals surface area contributed by atoms with Crippen LogP contribution in [0.3, 0.4) is 0 Å². The molecule has 2 heterocycles. The van der Waals surface area contributed by atoms with Gasteiger partial charge in [-0.05, 0) is 34.0 Å². The lowest BCUT2D eigenvalue weighted by Crippen LogP contribution is -2.35. The Morgan fingerprint density at radius 2 is 1.17 bits per heavy atom. The molecule has 0 radical (unpaired) electrons. The largest absolute Gasteiger partial charge is 0.302 e. The van der Waals surface area contributed by atoms with Gasteiger partial charge in [0.2, 0.25) is 5.95 Å². The van der Waals surface area contributed by atoms with Crippen LogP contribution in [-0.2, 0) is 0 Å². The minimum Gasteiger partial charge on any atom is -0.302 e. The van der Waals surface area contributed by atoms with E-state index in [0.717, 1.165) is 28.2 Å². The fraction of sp³-hybridized carbons (Fsp3) is 0.0526. The van der Waals surface area contributed by atoms with Crippen molar-refractivity contribution in [1.82, 2.24) is 9.97 Å². The first-order chi connectivity index (χ1) is 20.3. The summed E-state index contributed by atoms with van der Waals surface area (Å²) in [6.45, 7) is 0. The molecule has 8 rings (SSSR count). The van der Waals surface area contributed by atoms with E-state index in [-0.39, 0.29) is 12.0 Å². The Morgan fingerprint density at radius 3 is 1.93 bits per heavy atom. The summed E-state index contributed by atoms with van der Waals surface area (Å²) in [5, 5.41) is 2.55. The predicted molar refractivity (Wildman–Crippen MR) is 169 cm³/mol. The average molecular weight is 526 g/mol. The minimum atomic E-state index is 0.00264. The number of hydrogen-bond donors (Lipinski definition) is 0. The first-order valence-corrected chi connectivity index (χ1v) is 14.1. The van der Waals surface area contributed by atoms with Crippen LogP contribution in [0.5, 0.6) is 0 Å². The van der Waals surface area contributed by atoms with Gasteiger partial charge in [0, 0.05) is 22.6 Å². The Labute approximate surface area is 239 Å². The van der Waals surface area contributed by atoms with Gasteiger partial charge in [0.05, 0.1) is 23.1 Å². The molecule has 194 valence electrons. The Bertz CT molecular complexity index is 1900. The number of aromatic nitrogens is 2. The molecule has 1 aliphatic heterocycles. The molecule has 2 atom stereocenters. The van der Waals surface area contributed by atoms with E-state index < -0.39 is 0 Å². The highest BCUT2D eigenvalue weighted by Gasteiger charge is 2.36. The van der Waals surface area contributed by atoms with Crippen LogP contribution in [0, 0.1) is 0 Å². The highest BCUT2D eigenvalue weighted by Crippen LogP contribution is 2.49. The van der Waals surface area contributed by atoms with E-state index in [4.69, 9.17) is 9.97 Å². The maximum Gasteiger partial charge on any atom is 0.231 e. The second-order valence-corrected chi connectivity index (χ2v) is 10.6. The second kappa shape index (κ2) is 9.72. The third kappa shape index (κ3) is 3.97. The van der Waals surface area contributed by atoms with Crippen molar-refractivity contribution in [1.29, 1.82) is 0 Å². The summed E-state index contributed by atoms with van der Waals surface area (Å²) >= 11 is 0. The molecule has 41 heavy (non-hydrogen) atoms. The summed E-state index contributed by atoms with van der Waals surface area (Å²) < 4.78 is 0. The first-order valence-electron chi connectivity index (χ1n) is 14.1. The fourth-order valence-electron chi connectivity index (χ4n) is 6.37. The standard InChI is InChI=1S/C38H27N3/c1-3-14-27(15-4-1)33-25-34(28-16-5-2-6-17-28)40-38(39-33)41-35-21-11-9-19-30(35)31-24-23-26-13-7-8-18-29(26)37(31)32-20-10-12-22-36(32)41/h1-25,32,36H. The highest BCUT2D eigenvalue weighted by molar-refractivity contribution is 5.97. The molecule has 0 bridgehead atoms. The molecule has 0 saturated heterocycles. The quantitative estimate of drug-likeness (QED) is 0.230. The molecule has 2 unspecified atom stereocenters. The van der Waals surface area contributed by atoms with Gasteiger partial charge in [-0.25, -0.2) is 9.97 Å². The average Bonchev–Trinajstić information content (AvgIpc) is 3.18. The number of allylic oxidation sites excluding steroid dienone is 2. The molecule has 6 aromatic rings. The normalized spacial score (nSPS) is 17.0. The summed E-state index contributed by atoms with van der Waals surface area (Å²) in [5.74, 6) is 0.822. The summed E-state index contributed by atoms with van der Waals surface area (Å²) in [6.07, 6.45) is 8.98. The number of benzene rings is 5. The van der Waals surface area contributed by atoms with E-state index in [0.29, 0.717) is 5.95 Å². The van der Waals surface area contributed by atoms with Crippen LogP contribution < -0.4 is 4.90 Å². The smallest absolute Gasteiger partial charge is 0.231 e. The van der Waals surface area contributed by atoms with Crippen LogP contribution in [0.25, 0.3) is 44.4 Å².